The SMILES string of the molecule is CC(C)C(=O)Nc1nnc(SCc2c(Cl)cccc2Cl)s1. The second-order valence-electron chi connectivity index (χ2n) is 4.51. The number of halogens is 2. The smallest absolute Gasteiger partial charge is 0.228 e. The van der Waals surface area contributed by atoms with Crippen LogP contribution in [0, 0.1) is 5.92 Å². The summed E-state index contributed by atoms with van der Waals surface area (Å²) in [5, 5.41) is 12.5. The maximum atomic E-state index is 11.6. The third-order valence-corrected chi connectivity index (χ3v) is 5.27. The van der Waals surface area contributed by atoms with Crippen molar-refractivity contribution in [2.75, 3.05) is 5.32 Å². The molecule has 0 aliphatic carbocycles. The van der Waals surface area contributed by atoms with Gasteiger partial charge in [0.2, 0.25) is 11.0 Å². The lowest BCUT2D eigenvalue weighted by atomic mass is 10.2. The van der Waals surface area contributed by atoms with Crippen LogP contribution < -0.4 is 5.32 Å². The molecule has 4 nitrogen and oxygen atoms in total. The van der Waals surface area contributed by atoms with E-state index in [9.17, 15) is 4.79 Å². The summed E-state index contributed by atoms with van der Waals surface area (Å²) in [4.78, 5) is 11.6. The van der Waals surface area contributed by atoms with E-state index in [1.165, 1.54) is 23.1 Å². The van der Waals surface area contributed by atoms with E-state index in [1.807, 2.05) is 19.9 Å². The van der Waals surface area contributed by atoms with Gasteiger partial charge in [0.05, 0.1) is 0 Å². The van der Waals surface area contributed by atoms with Crippen LogP contribution in [0.1, 0.15) is 19.4 Å². The van der Waals surface area contributed by atoms with Gasteiger partial charge >= 0.3 is 0 Å². The number of carbonyl (C=O) groups is 1. The number of nitrogens with zero attached hydrogens (tertiary/aromatic N) is 2. The lowest BCUT2D eigenvalue weighted by Gasteiger charge is -2.04. The summed E-state index contributed by atoms with van der Waals surface area (Å²) in [7, 11) is 0. The van der Waals surface area contributed by atoms with E-state index in [2.05, 4.69) is 15.5 Å². The van der Waals surface area contributed by atoms with Gasteiger partial charge in [-0.3, -0.25) is 4.79 Å². The molecule has 8 heteroatoms. The third-order valence-electron chi connectivity index (χ3n) is 2.56. The summed E-state index contributed by atoms with van der Waals surface area (Å²) in [5.41, 5.74) is 0.869. The van der Waals surface area contributed by atoms with Gasteiger partial charge in [-0.05, 0) is 17.7 Å². The highest BCUT2D eigenvalue weighted by Gasteiger charge is 2.12. The van der Waals surface area contributed by atoms with Gasteiger partial charge in [0.25, 0.3) is 0 Å². The van der Waals surface area contributed by atoms with Crippen LogP contribution in [0.4, 0.5) is 5.13 Å². The summed E-state index contributed by atoms with van der Waals surface area (Å²) in [6, 6.07) is 5.42. The molecule has 1 N–H and O–H groups in total. The average Bonchev–Trinajstić information content (AvgIpc) is 2.85. The van der Waals surface area contributed by atoms with Crippen LogP contribution in [0.5, 0.6) is 0 Å². The molecular formula is C13H13Cl2N3OS2. The van der Waals surface area contributed by atoms with E-state index in [4.69, 9.17) is 23.2 Å². The maximum Gasteiger partial charge on any atom is 0.228 e. The van der Waals surface area contributed by atoms with Crippen molar-refractivity contribution in [3.05, 3.63) is 33.8 Å². The minimum atomic E-state index is -0.0908. The summed E-state index contributed by atoms with van der Waals surface area (Å²) < 4.78 is 0.755. The maximum absolute atomic E-state index is 11.6. The molecule has 0 radical (unpaired) electrons. The van der Waals surface area contributed by atoms with Gasteiger partial charge in [0.15, 0.2) is 4.34 Å². The molecule has 0 unspecified atom stereocenters. The van der Waals surface area contributed by atoms with Crippen LogP contribution >= 0.6 is 46.3 Å². The largest absolute Gasteiger partial charge is 0.300 e. The van der Waals surface area contributed by atoms with Crippen LogP contribution in [0.25, 0.3) is 0 Å². The fraction of sp³-hybridized carbons (Fsp3) is 0.308. The molecule has 112 valence electrons. The number of benzene rings is 1. The Kier molecular flexibility index (Phi) is 5.87. The number of anilines is 1. The van der Waals surface area contributed by atoms with Gasteiger partial charge in [-0.1, -0.05) is 66.2 Å². The summed E-state index contributed by atoms with van der Waals surface area (Å²) in [5.74, 6) is 0.439. The zero-order valence-corrected chi connectivity index (χ0v) is 14.5. The molecule has 0 aliphatic rings. The minimum Gasteiger partial charge on any atom is -0.300 e. The molecule has 0 atom stereocenters. The fourth-order valence-electron chi connectivity index (χ4n) is 1.37. The van der Waals surface area contributed by atoms with E-state index in [-0.39, 0.29) is 11.8 Å². The van der Waals surface area contributed by atoms with E-state index in [0.717, 1.165) is 9.90 Å². The fourth-order valence-corrected chi connectivity index (χ4v) is 3.87. The number of hydrogen-bond acceptors (Lipinski definition) is 5. The van der Waals surface area contributed by atoms with Crippen LogP contribution in [-0.4, -0.2) is 16.1 Å². The molecule has 1 aromatic carbocycles. The minimum absolute atomic E-state index is 0.0724. The molecule has 0 saturated carbocycles. The van der Waals surface area contributed by atoms with Crippen molar-refractivity contribution in [1.29, 1.82) is 0 Å². The van der Waals surface area contributed by atoms with Gasteiger partial charge in [-0.25, -0.2) is 0 Å². The predicted octanol–water partition coefficient (Wildman–Crippen LogP) is 4.73. The van der Waals surface area contributed by atoms with Gasteiger partial charge in [0.1, 0.15) is 0 Å². The van der Waals surface area contributed by atoms with Crippen LogP contribution in [-0.2, 0) is 10.5 Å². The Labute approximate surface area is 141 Å². The second kappa shape index (κ2) is 7.45. The average molecular weight is 362 g/mol. The van der Waals surface area contributed by atoms with Crippen molar-refractivity contribution < 1.29 is 4.79 Å². The Morgan fingerprint density at radius 3 is 2.62 bits per heavy atom. The molecule has 2 rings (SSSR count). The lowest BCUT2D eigenvalue weighted by molar-refractivity contribution is -0.118. The molecule has 1 aromatic heterocycles. The first-order valence-corrected chi connectivity index (χ1v) is 8.73. The molecule has 0 bridgehead atoms. The van der Waals surface area contributed by atoms with E-state index in [0.29, 0.717) is 20.9 Å². The summed E-state index contributed by atoms with van der Waals surface area (Å²) in [6.45, 7) is 3.65. The van der Waals surface area contributed by atoms with Gasteiger partial charge < -0.3 is 5.32 Å². The Morgan fingerprint density at radius 1 is 1.33 bits per heavy atom. The lowest BCUT2D eigenvalue weighted by Crippen LogP contribution is -2.17. The van der Waals surface area contributed by atoms with Crippen LogP contribution in [0.15, 0.2) is 22.5 Å². The van der Waals surface area contributed by atoms with E-state index < -0.39 is 0 Å². The monoisotopic (exact) mass is 361 g/mol. The topological polar surface area (TPSA) is 54.9 Å². The van der Waals surface area contributed by atoms with Crippen molar-refractivity contribution in [3.8, 4) is 0 Å². The Morgan fingerprint density at radius 2 is 2.00 bits per heavy atom. The van der Waals surface area contributed by atoms with Crippen LogP contribution in [0.2, 0.25) is 10.0 Å². The van der Waals surface area contributed by atoms with Crippen molar-refractivity contribution >= 4 is 57.3 Å². The standard InChI is InChI=1S/C13H13Cl2N3OS2/c1-7(2)11(19)16-12-17-18-13(21-12)20-6-8-9(14)4-3-5-10(8)15/h3-5,7H,6H2,1-2H3,(H,16,17,19). The molecule has 0 spiro atoms. The second-order valence-corrected chi connectivity index (χ2v) is 7.52. The number of rotatable bonds is 5. The highest BCUT2D eigenvalue weighted by atomic mass is 35.5. The van der Waals surface area contributed by atoms with Crippen molar-refractivity contribution in [1.82, 2.24) is 10.2 Å². The number of hydrogen-bond donors (Lipinski definition) is 1. The van der Waals surface area contributed by atoms with Gasteiger partial charge in [-0.15, -0.1) is 10.2 Å². The highest BCUT2D eigenvalue weighted by molar-refractivity contribution is 8.00. The molecule has 0 aliphatic heterocycles. The molecule has 1 amide bonds. The summed E-state index contributed by atoms with van der Waals surface area (Å²) >= 11 is 15.0. The summed E-state index contributed by atoms with van der Waals surface area (Å²) in [6.07, 6.45) is 0. The van der Waals surface area contributed by atoms with E-state index in [1.54, 1.807) is 12.1 Å². The van der Waals surface area contributed by atoms with Gasteiger partial charge in [0, 0.05) is 21.7 Å². The highest BCUT2D eigenvalue weighted by Crippen LogP contribution is 2.33. The molecular weight excluding hydrogens is 349 g/mol. The first kappa shape index (κ1) is 16.5. The molecule has 21 heavy (non-hydrogen) atoms. The van der Waals surface area contributed by atoms with Crippen LogP contribution in [0.3, 0.4) is 0 Å². The Bertz CT molecular complexity index is 626. The third kappa shape index (κ3) is 4.57. The molecule has 0 saturated heterocycles. The number of thioether (sulfide) groups is 1. The first-order valence-electron chi connectivity index (χ1n) is 6.17. The van der Waals surface area contributed by atoms with Gasteiger partial charge in [-0.2, -0.15) is 0 Å². The first-order chi connectivity index (χ1) is 9.97. The quantitative estimate of drug-likeness (QED) is 0.617. The van der Waals surface area contributed by atoms with Crippen molar-refractivity contribution in [2.24, 2.45) is 5.92 Å². The number of nitrogens with one attached hydrogen (secondary N) is 1. The number of carbonyl (C=O) groups excluding carboxylic acids is 1. The predicted molar refractivity (Wildman–Crippen MR) is 89.4 cm³/mol. The zero-order valence-electron chi connectivity index (χ0n) is 11.4. The number of amides is 1. The Balaban J connectivity index is 1.99. The van der Waals surface area contributed by atoms with Crippen molar-refractivity contribution in [3.63, 3.8) is 0 Å². The zero-order chi connectivity index (χ0) is 15.4. The normalized spacial score (nSPS) is 10.9. The molecule has 1 heterocycles. The molecule has 0 fully saturated rings. The van der Waals surface area contributed by atoms with Crippen molar-refractivity contribution in [2.45, 2.75) is 23.9 Å². The van der Waals surface area contributed by atoms with E-state index >= 15 is 0 Å². The molecule has 2 aromatic rings. The number of aromatic nitrogens is 2. The Hall–Kier alpha value is -0.820.